The maximum Gasteiger partial charge on any atom is 0.473 e. The third kappa shape index (κ3) is 5.40. The van der Waals surface area contributed by atoms with Crippen LogP contribution in [0.15, 0.2) is 11.3 Å². The number of carbonyl (C=O) groups excluding carboxylic acids is 1. The fourth-order valence-electron chi connectivity index (χ4n) is 2.59. The van der Waals surface area contributed by atoms with Gasteiger partial charge < -0.3 is 10.5 Å². The van der Waals surface area contributed by atoms with E-state index in [2.05, 4.69) is 4.74 Å². The van der Waals surface area contributed by atoms with Crippen LogP contribution in [0.4, 0.5) is 110 Å². The third-order valence-corrected chi connectivity index (χ3v) is 5.66. The van der Waals surface area contributed by atoms with Gasteiger partial charge in [-0.1, -0.05) is 6.92 Å². The van der Waals surface area contributed by atoms with E-state index in [0.717, 1.165) is 6.92 Å². The van der Waals surface area contributed by atoms with E-state index in [-0.39, 0.29) is 6.92 Å². The molecule has 0 rings (SSSR count). The van der Waals surface area contributed by atoms with E-state index in [0.29, 0.717) is 0 Å². The van der Waals surface area contributed by atoms with Gasteiger partial charge in [0.25, 0.3) is 0 Å². The van der Waals surface area contributed by atoms with Crippen molar-refractivity contribution in [3.63, 3.8) is 0 Å². The summed E-state index contributed by atoms with van der Waals surface area (Å²) in [5.41, 5.74) is 2.58. The Labute approximate surface area is 235 Å². The SMILES string of the molecule is CCC(N)=C(C)C(=O)OC(F)(F)C(F)(F)C(F)(F)C(F)(F)C(F)(F)C(F)(F)C(F)(F)C(F)(F)C(F)(F)C(F)(F)C(F)(F)C(F)(F)F. The van der Waals surface area contributed by atoms with Gasteiger partial charge in [-0.15, -0.1) is 0 Å². The van der Waals surface area contributed by atoms with Crippen LogP contribution in [0.25, 0.3) is 0 Å². The first-order valence-electron chi connectivity index (χ1n) is 10.4. The number of hydrogen-bond acceptors (Lipinski definition) is 3. The molecule has 0 saturated carbocycles. The molecule has 3 nitrogen and oxygen atoms in total. The first kappa shape index (κ1) is 43.3. The Morgan fingerprint density at radius 1 is 0.457 bits per heavy atom. The minimum atomic E-state index is -9.68. The summed E-state index contributed by atoms with van der Waals surface area (Å²) in [5.74, 6) is -95.8. The molecule has 0 unspecified atom stereocenters. The first-order valence-corrected chi connectivity index (χ1v) is 10.4. The number of alkyl halides is 25. The predicted molar refractivity (Wildman–Crippen MR) is 93.7 cm³/mol. The molecule has 0 aliphatic carbocycles. The Hall–Kier alpha value is -2.74. The fourth-order valence-corrected chi connectivity index (χ4v) is 2.59. The van der Waals surface area contributed by atoms with Gasteiger partial charge in [0.2, 0.25) is 0 Å². The van der Waals surface area contributed by atoms with Gasteiger partial charge in [0.1, 0.15) is 0 Å². The number of halogens is 25. The van der Waals surface area contributed by atoms with Crippen LogP contribution in [0.3, 0.4) is 0 Å². The molecule has 0 bridgehead atoms. The number of esters is 1. The molecule has 0 aromatic carbocycles. The smallest absolute Gasteiger partial charge is 0.402 e. The van der Waals surface area contributed by atoms with Gasteiger partial charge in [-0.3, -0.25) is 0 Å². The molecule has 0 aliphatic rings. The molecule has 2 N–H and O–H groups in total. The summed E-state index contributed by atoms with van der Waals surface area (Å²) >= 11 is 0. The van der Waals surface area contributed by atoms with Gasteiger partial charge in [0, 0.05) is 5.70 Å². The van der Waals surface area contributed by atoms with E-state index >= 15 is 0 Å². The molecule has 0 aromatic heterocycles. The van der Waals surface area contributed by atoms with Crippen molar-refractivity contribution in [3.05, 3.63) is 11.3 Å². The van der Waals surface area contributed by atoms with Gasteiger partial charge in [0.15, 0.2) is 0 Å². The van der Waals surface area contributed by atoms with Crippen LogP contribution in [-0.4, -0.2) is 77.5 Å². The lowest BCUT2D eigenvalue weighted by Crippen LogP contribution is -2.78. The second-order valence-electron chi connectivity index (χ2n) is 8.65. The Kier molecular flexibility index (Phi) is 10.5. The summed E-state index contributed by atoms with van der Waals surface area (Å²) in [7, 11) is 0. The Balaban J connectivity index is 7.31. The number of rotatable bonds is 13. The van der Waals surface area contributed by atoms with Crippen LogP contribution in [0.1, 0.15) is 20.3 Å². The zero-order valence-corrected chi connectivity index (χ0v) is 21.1. The standard InChI is InChI=1S/C18H10F25NO2/c1-3-5(44)4(2)6(45)46-18(42,43)16(37,38)14(33,34)12(29,30)10(25,26)8(21,22)7(19,20)9(23,24)11(27,28)13(31,32)15(35,36)17(39,40)41/h3,44H2,1-2H3. The Morgan fingerprint density at radius 3 is 0.891 bits per heavy atom. The van der Waals surface area contributed by atoms with E-state index in [1.165, 1.54) is 0 Å². The maximum absolute atomic E-state index is 13.8. The third-order valence-electron chi connectivity index (χ3n) is 5.66. The highest BCUT2D eigenvalue weighted by atomic mass is 19.4. The zero-order chi connectivity index (χ0) is 38.1. The predicted octanol–water partition coefficient (Wildman–Crippen LogP) is 8.68. The molecule has 46 heavy (non-hydrogen) atoms. The number of allylic oxidation sites excluding steroid dienone is 1. The molecule has 0 saturated heterocycles. The highest BCUT2D eigenvalue weighted by molar-refractivity contribution is 5.88. The first-order chi connectivity index (χ1) is 19.5. The van der Waals surface area contributed by atoms with Gasteiger partial charge in [-0.05, 0) is 13.3 Å². The van der Waals surface area contributed by atoms with Gasteiger partial charge >= 0.3 is 77.5 Å². The van der Waals surface area contributed by atoms with Crippen molar-refractivity contribution in [3.8, 4) is 0 Å². The molecule has 0 aromatic rings. The van der Waals surface area contributed by atoms with Crippen molar-refractivity contribution < 1.29 is 119 Å². The van der Waals surface area contributed by atoms with Crippen molar-refractivity contribution in [2.24, 2.45) is 5.73 Å². The maximum atomic E-state index is 13.8. The largest absolute Gasteiger partial charge is 0.473 e. The average Bonchev–Trinajstić information content (AvgIpc) is 2.85. The van der Waals surface area contributed by atoms with Crippen LogP contribution in [0.2, 0.25) is 0 Å². The summed E-state index contributed by atoms with van der Waals surface area (Å²) in [4.78, 5) is 11.4. The number of carbonyl (C=O) groups is 1. The van der Waals surface area contributed by atoms with Crippen LogP contribution >= 0.6 is 0 Å². The molecular formula is C18H10F25NO2. The summed E-state index contributed by atoms with van der Waals surface area (Å²) in [6.45, 7) is 1.23. The summed E-state index contributed by atoms with van der Waals surface area (Å²) < 4.78 is 337. The molecule has 28 heteroatoms. The lowest BCUT2D eigenvalue weighted by molar-refractivity contribution is -0.487. The lowest BCUT2D eigenvalue weighted by Gasteiger charge is -2.45. The number of ether oxygens (including phenoxy) is 1. The average molecular weight is 747 g/mol. The second kappa shape index (κ2) is 11.2. The molecule has 0 spiro atoms. The number of hydrogen-bond donors (Lipinski definition) is 1. The van der Waals surface area contributed by atoms with Crippen LogP contribution in [0, 0.1) is 0 Å². The monoisotopic (exact) mass is 747 g/mol. The minimum absolute atomic E-state index is 0.267. The molecule has 0 atom stereocenters. The second-order valence-corrected chi connectivity index (χ2v) is 8.65. The van der Waals surface area contributed by atoms with E-state index < -0.39 is 95.2 Å². The van der Waals surface area contributed by atoms with E-state index in [9.17, 15) is 115 Å². The lowest BCUT2D eigenvalue weighted by atomic mass is 9.85. The zero-order valence-electron chi connectivity index (χ0n) is 21.1. The van der Waals surface area contributed by atoms with Gasteiger partial charge in [-0.25, -0.2) is 4.79 Å². The van der Waals surface area contributed by atoms with Crippen LogP contribution in [0.5, 0.6) is 0 Å². The van der Waals surface area contributed by atoms with Crippen molar-refractivity contribution in [1.29, 1.82) is 0 Å². The van der Waals surface area contributed by atoms with Crippen LogP contribution in [-0.2, 0) is 9.53 Å². The molecule has 0 fully saturated rings. The molecule has 0 heterocycles. The molecule has 0 radical (unpaired) electrons. The summed E-state index contributed by atoms with van der Waals surface area (Å²) in [5, 5.41) is 0. The Bertz CT molecular complexity index is 1180. The summed E-state index contributed by atoms with van der Waals surface area (Å²) in [6.07, 6.45) is -16.4. The van der Waals surface area contributed by atoms with E-state index in [4.69, 9.17) is 5.73 Å². The molecule has 0 amide bonds. The normalized spacial score (nSPS) is 16.8. The molecule has 0 aliphatic heterocycles. The molecule has 274 valence electrons. The van der Waals surface area contributed by atoms with E-state index in [1.807, 2.05) is 0 Å². The van der Waals surface area contributed by atoms with Crippen molar-refractivity contribution in [2.75, 3.05) is 0 Å². The van der Waals surface area contributed by atoms with Gasteiger partial charge in [-0.2, -0.15) is 110 Å². The Morgan fingerprint density at radius 2 is 0.674 bits per heavy atom. The van der Waals surface area contributed by atoms with Crippen molar-refractivity contribution >= 4 is 5.97 Å². The van der Waals surface area contributed by atoms with Gasteiger partial charge in [0.05, 0.1) is 5.57 Å². The van der Waals surface area contributed by atoms with Crippen LogP contribution < -0.4 is 5.73 Å². The highest BCUT2D eigenvalue weighted by Crippen LogP contribution is 2.67. The topological polar surface area (TPSA) is 52.3 Å². The summed E-state index contributed by atoms with van der Waals surface area (Å²) in [6, 6.07) is 0. The fraction of sp³-hybridized carbons (Fsp3) is 0.833. The van der Waals surface area contributed by atoms with E-state index in [1.54, 1.807) is 0 Å². The molecular weight excluding hydrogens is 737 g/mol. The van der Waals surface area contributed by atoms with Crippen molar-refractivity contribution in [1.82, 2.24) is 0 Å². The highest BCUT2D eigenvalue weighted by Gasteiger charge is 2.99. The quantitative estimate of drug-likeness (QED) is 0.117. The number of nitrogens with two attached hydrogens (primary N) is 1. The minimum Gasteiger partial charge on any atom is -0.402 e. The van der Waals surface area contributed by atoms with Crippen molar-refractivity contribution in [2.45, 2.75) is 91.8 Å².